The minimum Gasteiger partial charge on any atom is -0.494 e. The van der Waals surface area contributed by atoms with Crippen molar-refractivity contribution < 1.29 is 14.3 Å². The van der Waals surface area contributed by atoms with Crippen LogP contribution in [-0.2, 0) is 9.59 Å². The number of rotatable bonds is 7. The van der Waals surface area contributed by atoms with Gasteiger partial charge in [0.25, 0.3) is 0 Å². The number of ether oxygens (including phenoxy) is 1. The molecule has 32 heavy (non-hydrogen) atoms. The van der Waals surface area contributed by atoms with Gasteiger partial charge in [-0.15, -0.1) is 0 Å². The smallest absolute Gasteiger partial charge is 0.229 e. The fourth-order valence-corrected chi connectivity index (χ4v) is 4.09. The number of benzene rings is 2. The molecule has 4 rings (SSSR count). The molecule has 0 aliphatic carbocycles. The molecule has 2 aromatic carbocycles. The summed E-state index contributed by atoms with van der Waals surface area (Å²) in [6.45, 7) is 7.23. The highest BCUT2D eigenvalue weighted by atomic mass is 16.5. The van der Waals surface area contributed by atoms with E-state index in [0.717, 1.165) is 40.6 Å². The number of nitrogens with zero attached hydrogens (tertiary/aromatic N) is 2. The van der Waals surface area contributed by atoms with Crippen LogP contribution in [0.4, 0.5) is 11.4 Å². The second-order valence-electron chi connectivity index (χ2n) is 8.24. The fourth-order valence-electron chi connectivity index (χ4n) is 4.09. The number of nitrogens with one attached hydrogen (secondary N) is 1. The summed E-state index contributed by atoms with van der Waals surface area (Å²) in [6, 6.07) is 19.4. The van der Waals surface area contributed by atoms with Gasteiger partial charge in [0, 0.05) is 41.4 Å². The Bertz CT molecular complexity index is 1080. The predicted octanol–water partition coefficient (Wildman–Crippen LogP) is 4.87. The minimum absolute atomic E-state index is 0.0405. The van der Waals surface area contributed by atoms with Crippen molar-refractivity contribution >= 4 is 23.2 Å². The predicted molar refractivity (Wildman–Crippen MR) is 127 cm³/mol. The number of carbonyl (C=O) groups is 2. The summed E-state index contributed by atoms with van der Waals surface area (Å²) in [6.07, 6.45) is 1.15. The molecule has 0 unspecified atom stereocenters. The molecule has 3 aromatic rings. The van der Waals surface area contributed by atoms with E-state index in [1.54, 1.807) is 4.90 Å². The Kier molecular flexibility index (Phi) is 6.30. The highest BCUT2D eigenvalue weighted by Crippen LogP contribution is 2.28. The van der Waals surface area contributed by atoms with Gasteiger partial charge in [0.05, 0.1) is 12.5 Å². The van der Waals surface area contributed by atoms with E-state index in [4.69, 9.17) is 4.74 Å². The van der Waals surface area contributed by atoms with Crippen LogP contribution in [0.3, 0.4) is 0 Å². The van der Waals surface area contributed by atoms with E-state index >= 15 is 0 Å². The average Bonchev–Trinajstić information content (AvgIpc) is 3.35. The summed E-state index contributed by atoms with van der Waals surface area (Å²) < 4.78 is 7.77. The number of carbonyl (C=O) groups excluding carboxylic acids is 2. The number of aryl methyl sites for hydroxylation is 2. The van der Waals surface area contributed by atoms with Crippen LogP contribution in [0.15, 0.2) is 60.7 Å². The van der Waals surface area contributed by atoms with E-state index in [0.29, 0.717) is 13.2 Å². The molecule has 1 aliphatic rings. The van der Waals surface area contributed by atoms with E-state index in [2.05, 4.69) is 42.8 Å². The van der Waals surface area contributed by atoms with Gasteiger partial charge in [-0.2, -0.15) is 0 Å². The second-order valence-corrected chi connectivity index (χ2v) is 8.24. The van der Waals surface area contributed by atoms with Gasteiger partial charge in [0.2, 0.25) is 11.8 Å². The molecule has 1 saturated heterocycles. The van der Waals surface area contributed by atoms with Crippen LogP contribution in [0, 0.1) is 19.8 Å². The molecule has 1 aromatic heterocycles. The highest BCUT2D eigenvalue weighted by molar-refractivity contribution is 6.03. The van der Waals surface area contributed by atoms with Gasteiger partial charge in [-0.1, -0.05) is 6.92 Å². The van der Waals surface area contributed by atoms with Gasteiger partial charge < -0.3 is 19.5 Å². The normalized spacial score (nSPS) is 15.8. The highest BCUT2D eigenvalue weighted by Gasteiger charge is 2.35. The van der Waals surface area contributed by atoms with Crippen molar-refractivity contribution in [2.24, 2.45) is 5.92 Å². The number of aromatic nitrogens is 1. The summed E-state index contributed by atoms with van der Waals surface area (Å²) in [4.78, 5) is 27.0. The van der Waals surface area contributed by atoms with E-state index in [-0.39, 0.29) is 24.2 Å². The molecule has 2 heterocycles. The summed E-state index contributed by atoms with van der Waals surface area (Å²) >= 11 is 0. The standard InChI is InChI=1S/C26H29N3O3/c1-4-15-32-24-13-11-22(12-14-24)28-17-20(16-25(28)30)26(31)27-21-7-9-23(10-8-21)29-18(2)5-6-19(29)3/h5-14,20H,4,15-17H2,1-3H3,(H,27,31)/t20-/m1/s1. The molecule has 1 aliphatic heterocycles. The number of amides is 2. The topological polar surface area (TPSA) is 63.6 Å². The quantitative estimate of drug-likeness (QED) is 0.580. The molecule has 166 valence electrons. The molecule has 0 radical (unpaired) electrons. The Morgan fingerprint density at radius 1 is 0.969 bits per heavy atom. The first kappa shape index (κ1) is 21.7. The van der Waals surface area contributed by atoms with Crippen molar-refractivity contribution in [3.05, 3.63) is 72.1 Å². The van der Waals surface area contributed by atoms with Crippen molar-refractivity contribution in [1.82, 2.24) is 4.57 Å². The maximum atomic E-state index is 12.8. The molecule has 6 heteroatoms. The van der Waals surface area contributed by atoms with E-state index in [1.807, 2.05) is 48.5 Å². The Balaban J connectivity index is 1.38. The molecular weight excluding hydrogens is 402 g/mol. The van der Waals surface area contributed by atoms with Gasteiger partial charge in [0.15, 0.2) is 0 Å². The largest absolute Gasteiger partial charge is 0.494 e. The SMILES string of the molecule is CCCOc1ccc(N2C[C@H](C(=O)Nc3ccc(-n4c(C)ccc4C)cc3)CC2=O)cc1. The van der Waals surface area contributed by atoms with Gasteiger partial charge in [0.1, 0.15) is 5.75 Å². The van der Waals surface area contributed by atoms with Crippen molar-refractivity contribution in [3.8, 4) is 11.4 Å². The molecule has 1 fully saturated rings. The lowest BCUT2D eigenvalue weighted by Crippen LogP contribution is -2.28. The third-order valence-electron chi connectivity index (χ3n) is 5.78. The number of anilines is 2. The van der Waals surface area contributed by atoms with Gasteiger partial charge in [-0.3, -0.25) is 9.59 Å². The first-order chi connectivity index (χ1) is 15.5. The summed E-state index contributed by atoms with van der Waals surface area (Å²) in [5.41, 5.74) is 4.89. The van der Waals surface area contributed by atoms with Crippen molar-refractivity contribution in [2.45, 2.75) is 33.6 Å². The second kappa shape index (κ2) is 9.30. The Hall–Kier alpha value is -3.54. The zero-order valence-corrected chi connectivity index (χ0v) is 18.8. The van der Waals surface area contributed by atoms with E-state index in [9.17, 15) is 9.59 Å². The minimum atomic E-state index is -0.382. The first-order valence-electron chi connectivity index (χ1n) is 11.1. The lowest BCUT2D eigenvalue weighted by atomic mass is 10.1. The van der Waals surface area contributed by atoms with Gasteiger partial charge in [-0.05, 0) is 80.9 Å². The van der Waals surface area contributed by atoms with Crippen molar-refractivity contribution in [3.63, 3.8) is 0 Å². The Labute approximate surface area is 188 Å². The molecule has 1 N–H and O–H groups in total. The van der Waals surface area contributed by atoms with Crippen LogP contribution >= 0.6 is 0 Å². The van der Waals surface area contributed by atoms with Crippen LogP contribution in [0.25, 0.3) is 5.69 Å². The van der Waals surface area contributed by atoms with Gasteiger partial charge in [-0.25, -0.2) is 0 Å². The zero-order chi connectivity index (χ0) is 22.7. The van der Waals surface area contributed by atoms with E-state index in [1.165, 1.54) is 0 Å². The maximum Gasteiger partial charge on any atom is 0.229 e. The summed E-state index contributed by atoms with van der Waals surface area (Å²) in [5, 5.41) is 2.96. The van der Waals surface area contributed by atoms with Crippen LogP contribution in [-0.4, -0.2) is 29.5 Å². The molecule has 2 amide bonds. The molecular formula is C26H29N3O3. The molecule has 6 nitrogen and oxygen atoms in total. The third-order valence-corrected chi connectivity index (χ3v) is 5.78. The van der Waals surface area contributed by atoms with Crippen LogP contribution < -0.4 is 15.0 Å². The zero-order valence-electron chi connectivity index (χ0n) is 18.8. The molecule has 0 saturated carbocycles. The van der Waals surface area contributed by atoms with Crippen LogP contribution in [0.5, 0.6) is 5.75 Å². The Morgan fingerprint density at radius 2 is 1.59 bits per heavy atom. The molecule has 0 bridgehead atoms. The van der Waals surface area contributed by atoms with Crippen LogP contribution in [0.1, 0.15) is 31.2 Å². The van der Waals surface area contributed by atoms with Crippen LogP contribution in [0.2, 0.25) is 0 Å². The molecule has 0 spiro atoms. The van der Waals surface area contributed by atoms with Crippen molar-refractivity contribution in [1.29, 1.82) is 0 Å². The Morgan fingerprint density at radius 3 is 2.22 bits per heavy atom. The first-order valence-corrected chi connectivity index (χ1v) is 11.1. The maximum absolute atomic E-state index is 12.8. The lowest BCUT2D eigenvalue weighted by molar-refractivity contribution is -0.122. The summed E-state index contributed by atoms with van der Waals surface area (Å²) in [7, 11) is 0. The fraction of sp³-hybridized carbons (Fsp3) is 0.308. The number of hydrogen-bond donors (Lipinski definition) is 1. The third kappa shape index (κ3) is 4.54. The molecule has 1 atom stereocenters. The lowest BCUT2D eigenvalue weighted by Gasteiger charge is -2.17. The van der Waals surface area contributed by atoms with E-state index < -0.39 is 0 Å². The van der Waals surface area contributed by atoms with Crippen molar-refractivity contribution in [2.75, 3.05) is 23.4 Å². The monoisotopic (exact) mass is 431 g/mol. The summed E-state index contributed by atoms with van der Waals surface area (Å²) in [5.74, 6) is 0.225. The van der Waals surface area contributed by atoms with Gasteiger partial charge >= 0.3 is 0 Å². The number of hydrogen-bond acceptors (Lipinski definition) is 3. The average molecular weight is 432 g/mol.